The molecule has 3 heterocycles. The smallest absolute Gasteiger partial charge is 0.251 e. The summed E-state index contributed by atoms with van der Waals surface area (Å²) >= 11 is 0. The van der Waals surface area contributed by atoms with Crippen LogP contribution in [0.2, 0.25) is 0 Å². The summed E-state index contributed by atoms with van der Waals surface area (Å²) in [5, 5.41) is 12.7. The average molecular weight is 423 g/mol. The lowest BCUT2D eigenvalue weighted by Crippen LogP contribution is -2.31. The van der Waals surface area contributed by atoms with Crippen LogP contribution in [-0.2, 0) is 16.6 Å². The number of benzene rings is 2. The number of fused-ring (bicyclic) bond motifs is 2. The molecule has 1 saturated heterocycles. The number of rotatable bonds is 3. The minimum absolute atomic E-state index is 0.0489. The second-order valence-corrected chi connectivity index (χ2v) is 8.68. The molecular formula is C25H21N5O2. The van der Waals surface area contributed by atoms with Gasteiger partial charge in [0.05, 0.1) is 36.6 Å². The molecule has 3 atom stereocenters. The fourth-order valence-corrected chi connectivity index (χ4v) is 5.26. The van der Waals surface area contributed by atoms with Crippen LogP contribution in [0.5, 0.6) is 0 Å². The van der Waals surface area contributed by atoms with Gasteiger partial charge in [-0.05, 0) is 29.7 Å². The van der Waals surface area contributed by atoms with Gasteiger partial charge < -0.3 is 15.8 Å². The van der Waals surface area contributed by atoms with Gasteiger partial charge in [-0.25, -0.2) is 9.97 Å². The quantitative estimate of drug-likeness (QED) is 0.670. The van der Waals surface area contributed by atoms with Crippen LogP contribution >= 0.6 is 0 Å². The van der Waals surface area contributed by atoms with E-state index >= 15 is 0 Å². The number of nitrogens with zero attached hydrogens (tertiary/aromatic N) is 3. The first-order chi connectivity index (χ1) is 15.6. The summed E-state index contributed by atoms with van der Waals surface area (Å²) in [5.74, 6) is 0.895. The Morgan fingerprint density at radius 2 is 1.88 bits per heavy atom. The van der Waals surface area contributed by atoms with Gasteiger partial charge in [-0.15, -0.1) is 0 Å². The van der Waals surface area contributed by atoms with Gasteiger partial charge in [0.1, 0.15) is 11.5 Å². The summed E-state index contributed by atoms with van der Waals surface area (Å²) in [6.45, 7) is 1.95. The molecule has 3 N–H and O–H groups in total. The number of anilines is 1. The van der Waals surface area contributed by atoms with Crippen molar-refractivity contribution in [3.05, 3.63) is 65.4 Å². The van der Waals surface area contributed by atoms with E-state index in [4.69, 9.17) is 15.5 Å². The van der Waals surface area contributed by atoms with E-state index in [1.807, 2.05) is 42.5 Å². The highest BCUT2D eigenvalue weighted by Gasteiger charge is 2.69. The predicted molar refractivity (Wildman–Crippen MR) is 118 cm³/mol. The molecule has 3 aromatic rings. The van der Waals surface area contributed by atoms with Crippen molar-refractivity contribution in [2.24, 2.45) is 11.8 Å². The zero-order chi connectivity index (χ0) is 21.9. The molecular weight excluding hydrogens is 402 g/mol. The van der Waals surface area contributed by atoms with Crippen molar-refractivity contribution in [3.8, 4) is 28.6 Å². The zero-order valence-corrected chi connectivity index (χ0v) is 17.3. The normalized spacial score (nSPS) is 25.4. The lowest BCUT2D eigenvalue weighted by Gasteiger charge is -2.17. The minimum atomic E-state index is -0.413. The van der Waals surface area contributed by atoms with Crippen molar-refractivity contribution >= 4 is 11.7 Å². The van der Waals surface area contributed by atoms with E-state index in [2.05, 4.69) is 16.4 Å². The Labute approximate surface area is 185 Å². The molecule has 1 aliphatic carbocycles. The maximum Gasteiger partial charge on any atom is 0.251 e. The maximum absolute atomic E-state index is 12.0. The Morgan fingerprint density at radius 3 is 2.62 bits per heavy atom. The third kappa shape index (κ3) is 2.66. The lowest BCUT2D eigenvalue weighted by molar-refractivity contribution is 0.0946. The summed E-state index contributed by atoms with van der Waals surface area (Å²) < 4.78 is 5.48. The Morgan fingerprint density at radius 1 is 1.12 bits per heavy atom. The SMILES string of the molecule is N#C[C@@]1(c2ccc(-c3cnc(N)c(-c4ccc5c(c4)CCNC5=O)n3)cc2)[C@@H]2COC[C@@H]21. The van der Waals surface area contributed by atoms with E-state index in [0.717, 1.165) is 28.7 Å². The number of nitrogen functional groups attached to an aromatic ring is 1. The maximum atomic E-state index is 12.0. The van der Waals surface area contributed by atoms with Crippen molar-refractivity contribution in [3.63, 3.8) is 0 Å². The first-order valence-electron chi connectivity index (χ1n) is 10.8. The molecule has 3 aliphatic rings. The van der Waals surface area contributed by atoms with Gasteiger partial charge in [-0.3, -0.25) is 4.79 Å². The van der Waals surface area contributed by atoms with Crippen molar-refractivity contribution < 1.29 is 9.53 Å². The van der Waals surface area contributed by atoms with Gasteiger partial charge >= 0.3 is 0 Å². The first kappa shape index (κ1) is 19.0. The number of ether oxygens (including phenoxy) is 1. The van der Waals surface area contributed by atoms with Crippen LogP contribution in [0.4, 0.5) is 5.82 Å². The van der Waals surface area contributed by atoms with E-state index in [-0.39, 0.29) is 5.91 Å². The third-order valence-electron chi connectivity index (χ3n) is 7.09. The number of nitriles is 1. The molecule has 0 bridgehead atoms. The third-order valence-corrected chi connectivity index (χ3v) is 7.09. The highest BCUT2D eigenvalue weighted by atomic mass is 16.5. The Balaban J connectivity index is 1.33. The van der Waals surface area contributed by atoms with Crippen LogP contribution in [0.15, 0.2) is 48.7 Å². The largest absolute Gasteiger partial charge is 0.382 e. The van der Waals surface area contributed by atoms with Gasteiger partial charge in [0.15, 0.2) is 0 Å². The van der Waals surface area contributed by atoms with Crippen LogP contribution in [0.3, 0.4) is 0 Å². The highest BCUT2D eigenvalue weighted by Crippen LogP contribution is 2.62. The van der Waals surface area contributed by atoms with Crippen LogP contribution in [0, 0.1) is 23.2 Å². The summed E-state index contributed by atoms with van der Waals surface area (Å²) in [6.07, 6.45) is 2.44. The number of carbonyl (C=O) groups is 1. The molecule has 2 fully saturated rings. The number of amides is 1. The molecule has 2 aromatic carbocycles. The van der Waals surface area contributed by atoms with Gasteiger partial charge in [-0.1, -0.05) is 30.3 Å². The first-order valence-corrected chi connectivity index (χ1v) is 10.8. The molecule has 1 amide bonds. The molecule has 2 aliphatic heterocycles. The number of carbonyl (C=O) groups excluding carboxylic acids is 1. The Kier molecular flexibility index (Phi) is 4.07. The van der Waals surface area contributed by atoms with E-state index in [9.17, 15) is 10.1 Å². The van der Waals surface area contributed by atoms with Crippen LogP contribution in [-0.4, -0.2) is 35.6 Å². The second kappa shape index (κ2) is 6.87. The Hall–Kier alpha value is -3.76. The van der Waals surface area contributed by atoms with Crippen LogP contribution < -0.4 is 11.1 Å². The molecule has 7 heteroatoms. The van der Waals surface area contributed by atoms with Crippen molar-refractivity contribution in [2.45, 2.75) is 11.8 Å². The standard InChI is InChI=1S/C25H21N5O2/c26-13-25(19-11-32-12-20(19)25)17-4-1-14(2-5-17)21-10-29-23(27)22(30-21)16-3-6-18-15(9-16)7-8-28-24(18)31/h1-6,9-10,19-20H,7-8,11-12H2,(H2,27,29)(H,28,31)/t19-,20+,25-. The number of nitrogens with one attached hydrogen (secondary N) is 1. The summed E-state index contributed by atoms with van der Waals surface area (Å²) in [6, 6.07) is 16.2. The average Bonchev–Trinajstić information content (AvgIpc) is 3.16. The topological polar surface area (TPSA) is 114 Å². The lowest BCUT2D eigenvalue weighted by atomic mass is 9.91. The van der Waals surface area contributed by atoms with E-state index in [1.165, 1.54) is 0 Å². The molecule has 158 valence electrons. The van der Waals surface area contributed by atoms with Crippen molar-refractivity contribution in [1.29, 1.82) is 5.26 Å². The monoisotopic (exact) mass is 423 g/mol. The number of hydrogen-bond donors (Lipinski definition) is 2. The highest BCUT2D eigenvalue weighted by molar-refractivity contribution is 5.97. The molecule has 6 rings (SSSR count). The van der Waals surface area contributed by atoms with Crippen LogP contribution in [0.1, 0.15) is 21.5 Å². The second-order valence-electron chi connectivity index (χ2n) is 8.68. The summed E-state index contributed by atoms with van der Waals surface area (Å²) in [4.78, 5) is 21.2. The van der Waals surface area contributed by atoms with Gasteiger partial charge in [0, 0.05) is 35.1 Å². The molecule has 1 saturated carbocycles. The minimum Gasteiger partial charge on any atom is -0.382 e. The van der Waals surface area contributed by atoms with Crippen LogP contribution in [0.25, 0.3) is 22.5 Å². The van der Waals surface area contributed by atoms with Crippen molar-refractivity contribution in [2.75, 3.05) is 25.5 Å². The summed E-state index contributed by atoms with van der Waals surface area (Å²) in [5.41, 5.74) is 11.5. The van der Waals surface area contributed by atoms with E-state index in [1.54, 1.807) is 6.20 Å². The van der Waals surface area contributed by atoms with E-state index in [0.29, 0.717) is 54.4 Å². The van der Waals surface area contributed by atoms with Gasteiger partial charge in [0.25, 0.3) is 5.91 Å². The molecule has 1 aromatic heterocycles. The molecule has 32 heavy (non-hydrogen) atoms. The van der Waals surface area contributed by atoms with Crippen molar-refractivity contribution in [1.82, 2.24) is 15.3 Å². The predicted octanol–water partition coefficient (Wildman–Crippen LogP) is 2.72. The summed E-state index contributed by atoms with van der Waals surface area (Å²) in [7, 11) is 0. The molecule has 0 spiro atoms. The number of hydrogen-bond acceptors (Lipinski definition) is 6. The van der Waals surface area contributed by atoms with Gasteiger partial charge in [-0.2, -0.15) is 5.26 Å². The Bertz CT molecular complexity index is 1280. The van der Waals surface area contributed by atoms with Gasteiger partial charge in [0.2, 0.25) is 0 Å². The van der Waals surface area contributed by atoms with E-state index < -0.39 is 5.41 Å². The molecule has 7 nitrogen and oxygen atoms in total. The molecule has 0 radical (unpaired) electrons. The fourth-order valence-electron chi connectivity index (χ4n) is 5.26. The fraction of sp³-hybridized carbons (Fsp3) is 0.280. The molecule has 0 unspecified atom stereocenters. The zero-order valence-electron chi connectivity index (χ0n) is 17.3. The number of nitrogens with two attached hydrogens (primary N) is 1. The number of aromatic nitrogens is 2.